The summed E-state index contributed by atoms with van der Waals surface area (Å²) in [6, 6.07) is 7.54. The fourth-order valence-corrected chi connectivity index (χ4v) is 2.36. The zero-order valence-corrected chi connectivity index (χ0v) is 11.2. The summed E-state index contributed by atoms with van der Waals surface area (Å²) in [5.74, 6) is -0.807. The van der Waals surface area contributed by atoms with Gasteiger partial charge in [0.25, 0.3) is 11.8 Å². The number of amides is 2. The van der Waals surface area contributed by atoms with Gasteiger partial charge < -0.3 is 10.4 Å². The lowest BCUT2D eigenvalue weighted by molar-refractivity contribution is -0.137. The second-order valence-corrected chi connectivity index (χ2v) is 4.75. The number of nitrogens with one attached hydrogen (secondary N) is 1. The molecule has 1 aromatic rings. The summed E-state index contributed by atoms with van der Waals surface area (Å²) in [5, 5.41) is 11.8. The van der Waals surface area contributed by atoms with Crippen LogP contribution in [0.3, 0.4) is 0 Å². The largest absolute Gasteiger partial charge is 0.395 e. The molecule has 2 rings (SSSR count). The van der Waals surface area contributed by atoms with Crippen LogP contribution >= 0.6 is 11.8 Å². The van der Waals surface area contributed by atoms with Crippen LogP contribution in [-0.2, 0) is 9.59 Å². The number of aliphatic hydroxyl groups is 1. The van der Waals surface area contributed by atoms with Gasteiger partial charge in [-0.05, 0) is 18.4 Å². The number of hydrogen-bond donors (Lipinski definition) is 2. The highest BCUT2D eigenvalue weighted by molar-refractivity contribution is 7.98. The maximum Gasteiger partial charge on any atom is 0.277 e. The van der Waals surface area contributed by atoms with Gasteiger partial charge in [0.2, 0.25) is 0 Å². The molecule has 0 fully saturated rings. The molecule has 0 saturated carbocycles. The molecule has 1 heterocycles. The SMILES string of the molecule is CSc1ccccc1NC1=CC(=O)N(CCO)C1=O. The molecule has 100 valence electrons. The van der Waals surface area contributed by atoms with E-state index in [-0.39, 0.29) is 18.8 Å². The summed E-state index contributed by atoms with van der Waals surface area (Å²) in [4.78, 5) is 25.6. The van der Waals surface area contributed by atoms with Crippen molar-refractivity contribution in [3.05, 3.63) is 36.0 Å². The second kappa shape index (κ2) is 5.90. The molecule has 1 aliphatic heterocycles. The average Bonchev–Trinajstić information content (AvgIpc) is 2.67. The van der Waals surface area contributed by atoms with Crippen molar-refractivity contribution in [2.75, 3.05) is 24.7 Å². The number of nitrogens with zero attached hydrogens (tertiary/aromatic N) is 1. The number of thioether (sulfide) groups is 1. The van der Waals surface area contributed by atoms with Crippen molar-refractivity contribution in [2.45, 2.75) is 4.90 Å². The van der Waals surface area contributed by atoms with Crippen molar-refractivity contribution in [1.29, 1.82) is 0 Å². The Labute approximate surface area is 115 Å². The summed E-state index contributed by atoms with van der Waals surface area (Å²) in [7, 11) is 0. The molecule has 5 nitrogen and oxygen atoms in total. The van der Waals surface area contributed by atoms with E-state index >= 15 is 0 Å². The average molecular weight is 278 g/mol. The summed E-state index contributed by atoms with van der Waals surface area (Å²) >= 11 is 1.55. The second-order valence-electron chi connectivity index (χ2n) is 3.90. The summed E-state index contributed by atoms with van der Waals surface area (Å²) in [5.41, 5.74) is 1.02. The van der Waals surface area contributed by atoms with Crippen molar-refractivity contribution in [1.82, 2.24) is 4.90 Å². The molecule has 0 bridgehead atoms. The van der Waals surface area contributed by atoms with Gasteiger partial charge in [-0.2, -0.15) is 0 Å². The van der Waals surface area contributed by atoms with Gasteiger partial charge in [-0.1, -0.05) is 12.1 Å². The summed E-state index contributed by atoms with van der Waals surface area (Å²) in [6.07, 6.45) is 3.20. The predicted molar refractivity (Wildman–Crippen MR) is 73.7 cm³/mol. The molecule has 1 aliphatic rings. The number of aliphatic hydroxyl groups excluding tert-OH is 1. The van der Waals surface area contributed by atoms with Gasteiger partial charge in [0.15, 0.2) is 0 Å². The number of imide groups is 1. The van der Waals surface area contributed by atoms with Gasteiger partial charge in [-0.15, -0.1) is 11.8 Å². The van der Waals surface area contributed by atoms with Gasteiger partial charge in [0.05, 0.1) is 18.8 Å². The lowest BCUT2D eigenvalue weighted by atomic mass is 10.3. The highest BCUT2D eigenvalue weighted by atomic mass is 32.2. The van der Waals surface area contributed by atoms with Gasteiger partial charge in [-0.25, -0.2) is 0 Å². The fourth-order valence-electron chi connectivity index (χ4n) is 1.80. The fraction of sp³-hybridized carbons (Fsp3) is 0.231. The minimum absolute atomic E-state index is 0.0174. The minimum atomic E-state index is -0.407. The van der Waals surface area contributed by atoms with Crippen LogP contribution in [0.4, 0.5) is 5.69 Å². The van der Waals surface area contributed by atoms with Gasteiger partial charge in [0.1, 0.15) is 5.70 Å². The van der Waals surface area contributed by atoms with E-state index in [2.05, 4.69) is 5.32 Å². The van der Waals surface area contributed by atoms with Crippen molar-refractivity contribution >= 4 is 29.3 Å². The molecule has 0 radical (unpaired) electrons. The van der Waals surface area contributed by atoms with Crippen LogP contribution in [0.15, 0.2) is 40.9 Å². The first-order valence-corrected chi connectivity index (χ1v) is 6.98. The number of rotatable bonds is 5. The zero-order valence-electron chi connectivity index (χ0n) is 10.4. The number of carbonyl (C=O) groups is 2. The van der Waals surface area contributed by atoms with E-state index in [0.717, 1.165) is 15.5 Å². The molecule has 6 heteroatoms. The first-order valence-electron chi connectivity index (χ1n) is 5.75. The summed E-state index contributed by atoms with van der Waals surface area (Å²) in [6.45, 7) is -0.219. The molecular weight excluding hydrogens is 264 g/mol. The van der Waals surface area contributed by atoms with E-state index in [0.29, 0.717) is 0 Å². The topological polar surface area (TPSA) is 69.6 Å². The van der Waals surface area contributed by atoms with Gasteiger partial charge in [-0.3, -0.25) is 14.5 Å². The Morgan fingerprint density at radius 3 is 2.74 bits per heavy atom. The molecule has 0 atom stereocenters. The van der Waals surface area contributed by atoms with E-state index < -0.39 is 11.8 Å². The number of hydrogen-bond acceptors (Lipinski definition) is 5. The Bertz CT molecular complexity index is 542. The molecule has 19 heavy (non-hydrogen) atoms. The minimum Gasteiger partial charge on any atom is -0.395 e. The highest BCUT2D eigenvalue weighted by Crippen LogP contribution is 2.27. The van der Waals surface area contributed by atoms with E-state index in [1.54, 1.807) is 11.8 Å². The highest BCUT2D eigenvalue weighted by Gasteiger charge is 2.30. The summed E-state index contributed by atoms with van der Waals surface area (Å²) < 4.78 is 0. The van der Waals surface area contributed by atoms with Crippen molar-refractivity contribution in [3.63, 3.8) is 0 Å². The molecule has 0 unspecified atom stereocenters. The molecule has 2 amide bonds. The normalized spacial score (nSPS) is 14.8. The van der Waals surface area contributed by atoms with Crippen LogP contribution in [0.1, 0.15) is 0 Å². The number of β-amino-alcohol motifs (C(OH)–C–C–N with tert-alkyl or cyclic N) is 1. The third-order valence-corrected chi connectivity index (χ3v) is 3.51. The van der Waals surface area contributed by atoms with Crippen LogP contribution in [0.5, 0.6) is 0 Å². The Kier molecular flexibility index (Phi) is 4.24. The molecule has 0 spiro atoms. The standard InChI is InChI=1S/C13H14N2O3S/c1-19-11-5-3-2-4-9(11)14-10-8-12(17)15(6-7-16)13(10)18/h2-5,8,14,16H,6-7H2,1H3. The van der Waals surface area contributed by atoms with Crippen LogP contribution in [0.2, 0.25) is 0 Å². The smallest absolute Gasteiger partial charge is 0.277 e. The van der Waals surface area contributed by atoms with Crippen molar-refractivity contribution in [2.24, 2.45) is 0 Å². The monoisotopic (exact) mass is 278 g/mol. The third-order valence-electron chi connectivity index (χ3n) is 2.71. The number of benzene rings is 1. The van der Waals surface area contributed by atoms with E-state index in [1.807, 2.05) is 30.5 Å². The lowest BCUT2D eigenvalue weighted by Gasteiger charge is -2.14. The van der Waals surface area contributed by atoms with E-state index in [9.17, 15) is 9.59 Å². The van der Waals surface area contributed by atoms with Gasteiger partial charge >= 0.3 is 0 Å². The Hall–Kier alpha value is -1.79. The lowest BCUT2D eigenvalue weighted by Crippen LogP contribution is -2.34. The first-order chi connectivity index (χ1) is 9.17. The maximum absolute atomic E-state index is 12.0. The molecular formula is C13H14N2O3S. The molecule has 2 N–H and O–H groups in total. The van der Waals surface area contributed by atoms with E-state index in [4.69, 9.17) is 5.11 Å². The van der Waals surface area contributed by atoms with Crippen LogP contribution in [-0.4, -0.2) is 41.2 Å². The van der Waals surface area contributed by atoms with Crippen molar-refractivity contribution < 1.29 is 14.7 Å². The maximum atomic E-state index is 12.0. The molecule has 0 aliphatic carbocycles. The van der Waals surface area contributed by atoms with Crippen LogP contribution in [0.25, 0.3) is 0 Å². The van der Waals surface area contributed by atoms with Gasteiger partial charge in [0, 0.05) is 11.0 Å². The quantitative estimate of drug-likeness (QED) is 0.623. The van der Waals surface area contributed by atoms with Crippen molar-refractivity contribution in [3.8, 4) is 0 Å². The van der Waals surface area contributed by atoms with Crippen LogP contribution < -0.4 is 5.32 Å². The predicted octanol–water partition coefficient (Wildman–Crippen LogP) is 1.07. The first kappa shape index (κ1) is 13.6. The molecule has 0 aromatic heterocycles. The Morgan fingerprint density at radius 2 is 2.05 bits per heavy atom. The Morgan fingerprint density at radius 1 is 1.32 bits per heavy atom. The Balaban J connectivity index is 2.18. The molecule has 0 saturated heterocycles. The molecule has 1 aromatic carbocycles. The zero-order chi connectivity index (χ0) is 13.8. The number of carbonyl (C=O) groups excluding carboxylic acids is 2. The van der Waals surface area contributed by atoms with E-state index in [1.165, 1.54) is 6.08 Å². The van der Waals surface area contributed by atoms with Crippen LogP contribution in [0, 0.1) is 0 Å². The third kappa shape index (κ3) is 2.80. The number of para-hydroxylation sites is 1. The number of anilines is 1.